The summed E-state index contributed by atoms with van der Waals surface area (Å²) in [6, 6.07) is 18.5. The number of aromatic nitrogens is 6. The van der Waals surface area contributed by atoms with E-state index in [1.165, 1.54) is 25.9 Å². The number of hydrogen-bond donors (Lipinski definition) is 2. The van der Waals surface area contributed by atoms with Crippen molar-refractivity contribution >= 4 is 21.9 Å². The summed E-state index contributed by atoms with van der Waals surface area (Å²) in [6.07, 6.45) is 9.79. The topological polar surface area (TPSA) is 95.6 Å². The van der Waals surface area contributed by atoms with E-state index in [4.69, 9.17) is 9.72 Å². The van der Waals surface area contributed by atoms with Crippen LogP contribution in [-0.2, 0) is 0 Å². The van der Waals surface area contributed by atoms with Crippen molar-refractivity contribution in [1.29, 1.82) is 0 Å². The van der Waals surface area contributed by atoms with Crippen LogP contribution in [0.1, 0.15) is 12.8 Å². The number of benzene rings is 1. The van der Waals surface area contributed by atoms with E-state index in [1.807, 2.05) is 48.9 Å². The largest absolute Gasteiger partial charge is 0.491 e. The lowest BCUT2D eigenvalue weighted by molar-refractivity contribution is 0.237. The van der Waals surface area contributed by atoms with Gasteiger partial charge in [-0.3, -0.25) is 20.0 Å². The molecule has 0 bridgehead atoms. The Labute approximate surface area is 219 Å². The van der Waals surface area contributed by atoms with E-state index in [2.05, 4.69) is 54.3 Å². The van der Waals surface area contributed by atoms with Crippen LogP contribution in [0.4, 0.5) is 0 Å². The number of ether oxygens (including phenoxy) is 1. The molecule has 188 valence electrons. The van der Waals surface area contributed by atoms with Crippen molar-refractivity contribution in [3.63, 3.8) is 0 Å². The summed E-state index contributed by atoms with van der Waals surface area (Å²) >= 11 is 0. The number of pyridine rings is 3. The lowest BCUT2D eigenvalue weighted by Gasteiger charge is -2.15. The van der Waals surface area contributed by atoms with Gasteiger partial charge in [-0.2, -0.15) is 5.10 Å². The highest BCUT2D eigenvalue weighted by molar-refractivity contribution is 6.00. The predicted molar refractivity (Wildman–Crippen MR) is 149 cm³/mol. The summed E-state index contributed by atoms with van der Waals surface area (Å²) in [6.45, 7) is 3.94. The smallest absolute Gasteiger partial charge is 0.138 e. The Kier molecular flexibility index (Phi) is 5.79. The van der Waals surface area contributed by atoms with Crippen molar-refractivity contribution in [3.05, 3.63) is 79.4 Å². The molecule has 7 rings (SSSR count). The van der Waals surface area contributed by atoms with Crippen molar-refractivity contribution < 1.29 is 4.74 Å². The summed E-state index contributed by atoms with van der Waals surface area (Å²) in [5.74, 6) is 0.760. The minimum atomic E-state index is 0.658. The highest BCUT2D eigenvalue weighted by atomic mass is 16.5. The maximum Gasteiger partial charge on any atom is 0.138 e. The molecule has 0 atom stereocenters. The SMILES string of the molecule is c1cc(-c2ccncc2)c2cc(-c3n[nH]c4ccc(-c5cncc(OCCN6CCCC6)c5)nc34)[nH]c2c1. The number of aromatic amines is 2. The number of nitrogens with one attached hydrogen (secondary N) is 2. The van der Waals surface area contributed by atoms with Crippen LogP contribution in [0.5, 0.6) is 5.75 Å². The normalized spacial score (nSPS) is 14.0. The molecule has 0 spiro atoms. The zero-order valence-electron chi connectivity index (χ0n) is 20.9. The number of fused-ring (bicyclic) bond motifs is 2. The van der Waals surface area contributed by atoms with Crippen molar-refractivity contribution in [3.8, 4) is 39.5 Å². The van der Waals surface area contributed by atoms with Gasteiger partial charge in [-0.05, 0) is 79.5 Å². The lowest BCUT2D eigenvalue weighted by atomic mass is 10.0. The van der Waals surface area contributed by atoms with Crippen molar-refractivity contribution in [1.82, 2.24) is 35.0 Å². The molecule has 5 aromatic heterocycles. The Morgan fingerprint density at radius 1 is 0.868 bits per heavy atom. The molecule has 0 unspecified atom stereocenters. The Balaban J connectivity index is 1.20. The maximum atomic E-state index is 6.02. The van der Waals surface area contributed by atoms with Crippen LogP contribution in [0.3, 0.4) is 0 Å². The van der Waals surface area contributed by atoms with Crippen LogP contribution in [-0.4, -0.2) is 61.3 Å². The van der Waals surface area contributed by atoms with Gasteiger partial charge in [-0.25, -0.2) is 4.98 Å². The molecule has 0 aliphatic carbocycles. The average molecular weight is 502 g/mol. The first-order chi connectivity index (χ1) is 18.8. The summed E-state index contributed by atoms with van der Waals surface area (Å²) in [4.78, 5) is 19.5. The minimum absolute atomic E-state index is 0.658. The molecule has 0 saturated carbocycles. The van der Waals surface area contributed by atoms with Crippen LogP contribution in [0, 0.1) is 0 Å². The van der Waals surface area contributed by atoms with Gasteiger partial charge in [0.2, 0.25) is 0 Å². The van der Waals surface area contributed by atoms with Crippen LogP contribution in [0.25, 0.3) is 55.7 Å². The molecule has 1 aliphatic rings. The molecule has 1 aliphatic heterocycles. The standard InChI is InChI=1S/C30H27N7O/c1-2-13-37(12-1)14-15-38-22-16-21(18-32-19-22)25-6-7-27-29(34-25)30(36-35-27)28-17-24-23(4-3-5-26(24)33-28)20-8-10-31-11-9-20/h3-11,16-19,33H,1-2,12-15H2,(H,35,36). The van der Waals surface area contributed by atoms with E-state index in [0.717, 1.165) is 68.0 Å². The van der Waals surface area contributed by atoms with Gasteiger partial charge < -0.3 is 9.72 Å². The van der Waals surface area contributed by atoms with E-state index in [1.54, 1.807) is 6.20 Å². The molecule has 1 saturated heterocycles. The molecule has 1 fully saturated rings. The highest BCUT2D eigenvalue weighted by Gasteiger charge is 2.16. The number of nitrogens with zero attached hydrogens (tertiary/aromatic N) is 5. The monoisotopic (exact) mass is 501 g/mol. The molecule has 6 heterocycles. The Hall–Kier alpha value is -4.56. The summed E-state index contributed by atoms with van der Waals surface area (Å²) in [7, 11) is 0. The van der Waals surface area contributed by atoms with Gasteiger partial charge >= 0.3 is 0 Å². The zero-order chi connectivity index (χ0) is 25.3. The quantitative estimate of drug-likeness (QED) is 0.291. The van der Waals surface area contributed by atoms with Gasteiger partial charge in [0.15, 0.2) is 0 Å². The van der Waals surface area contributed by atoms with Gasteiger partial charge in [0.05, 0.1) is 23.1 Å². The van der Waals surface area contributed by atoms with Gasteiger partial charge in [0, 0.05) is 41.6 Å². The third-order valence-corrected chi connectivity index (χ3v) is 7.20. The molecule has 6 aromatic rings. The van der Waals surface area contributed by atoms with Crippen molar-refractivity contribution in [2.24, 2.45) is 0 Å². The fourth-order valence-corrected chi connectivity index (χ4v) is 5.25. The third-order valence-electron chi connectivity index (χ3n) is 7.20. The first kappa shape index (κ1) is 22.6. The number of H-pyrrole nitrogens is 2. The first-order valence-corrected chi connectivity index (χ1v) is 13.0. The second-order valence-electron chi connectivity index (χ2n) is 9.66. The van der Waals surface area contributed by atoms with Crippen molar-refractivity contribution in [2.75, 3.05) is 26.2 Å². The second-order valence-corrected chi connectivity index (χ2v) is 9.66. The number of rotatable bonds is 7. The highest BCUT2D eigenvalue weighted by Crippen LogP contribution is 2.34. The lowest BCUT2D eigenvalue weighted by Crippen LogP contribution is -2.25. The van der Waals surface area contributed by atoms with Gasteiger partial charge in [-0.15, -0.1) is 0 Å². The van der Waals surface area contributed by atoms with Gasteiger partial charge in [0.1, 0.15) is 23.6 Å². The predicted octanol–water partition coefficient (Wildman–Crippen LogP) is 5.70. The average Bonchev–Trinajstić information content (AvgIpc) is 3.73. The maximum absolute atomic E-state index is 6.02. The minimum Gasteiger partial charge on any atom is -0.491 e. The summed E-state index contributed by atoms with van der Waals surface area (Å²) < 4.78 is 6.02. The van der Waals surface area contributed by atoms with E-state index in [9.17, 15) is 0 Å². The van der Waals surface area contributed by atoms with Gasteiger partial charge in [-0.1, -0.05) is 12.1 Å². The molecule has 1 aromatic carbocycles. The molecular formula is C30H27N7O. The molecular weight excluding hydrogens is 474 g/mol. The molecule has 8 nitrogen and oxygen atoms in total. The fourth-order valence-electron chi connectivity index (χ4n) is 5.25. The van der Waals surface area contributed by atoms with Crippen LogP contribution >= 0.6 is 0 Å². The Morgan fingerprint density at radius 2 is 1.76 bits per heavy atom. The molecule has 8 heteroatoms. The Bertz CT molecular complexity index is 1720. The molecule has 2 N–H and O–H groups in total. The Morgan fingerprint density at radius 3 is 2.66 bits per heavy atom. The fraction of sp³-hybridized carbons (Fsp3) is 0.200. The van der Waals surface area contributed by atoms with Crippen LogP contribution in [0.15, 0.2) is 79.4 Å². The van der Waals surface area contributed by atoms with Gasteiger partial charge in [0.25, 0.3) is 0 Å². The van der Waals surface area contributed by atoms with E-state index < -0.39 is 0 Å². The zero-order valence-corrected chi connectivity index (χ0v) is 20.9. The second kappa shape index (κ2) is 9.72. The third kappa shape index (κ3) is 4.29. The number of likely N-dealkylation sites (tertiary alicyclic amines) is 1. The summed E-state index contributed by atoms with van der Waals surface area (Å²) in [5.41, 5.74) is 8.43. The first-order valence-electron chi connectivity index (χ1n) is 13.0. The van der Waals surface area contributed by atoms with Crippen LogP contribution in [0.2, 0.25) is 0 Å². The number of hydrogen-bond acceptors (Lipinski definition) is 6. The van der Waals surface area contributed by atoms with E-state index in [0.29, 0.717) is 6.61 Å². The van der Waals surface area contributed by atoms with E-state index in [-0.39, 0.29) is 0 Å². The molecule has 38 heavy (non-hydrogen) atoms. The summed E-state index contributed by atoms with van der Waals surface area (Å²) in [5, 5.41) is 8.88. The van der Waals surface area contributed by atoms with Crippen molar-refractivity contribution in [2.45, 2.75) is 12.8 Å². The molecule has 0 radical (unpaired) electrons. The van der Waals surface area contributed by atoms with Crippen LogP contribution < -0.4 is 4.74 Å². The molecule has 0 amide bonds. The van der Waals surface area contributed by atoms with E-state index >= 15 is 0 Å².